The van der Waals surface area contributed by atoms with Crippen LogP contribution in [0.1, 0.15) is 5.82 Å². The first-order valence-electron chi connectivity index (χ1n) is 6.60. The van der Waals surface area contributed by atoms with E-state index in [1.54, 1.807) is 6.20 Å². The quantitative estimate of drug-likeness (QED) is 0.915. The number of nitrogens with zero attached hydrogens (tertiary/aromatic N) is 4. The topological polar surface area (TPSA) is 60.0 Å². The van der Waals surface area contributed by atoms with Gasteiger partial charge in [-0.3, -0.25) is 4.90 Å². The fourth-order valence-electron chi connectivity index (χ4n) is 2.77. The number of imidazole rings is 1. The smallest absolute Gasteiger partial charge is 0.177 e. The van der Waals surface area contributed by atoms with Crippen LogP contribution in [0.3, 0.4) is 0 Å². The Morgan fingerprint density at radius 3 is 2.95 bits per heavy atom. The average Bonchev–Trinajstić information content (AvgIpc) is 2.65. The Bertz CT molecular complexity index is 635. The van der Waals surface area contributed by atoms with Crippen LogP contribution in [-0.2, 0) is 6.54 Å². The maximum absolute atomic E-state index is 14.7. The molecule has 1 saturated heterocycles. The third kappa shape index (κ3) is 2.45. The third-order valence-corrected chi connectivity index (χ3v) is 4.10. The van der Waals surface area contributed by atoms with Crippen LogP contribution in [0.15, 0.2) is 16.7 Å². The molecule has 108 valence electrons. The van der Waals surface area contributed by atoms with E-state index in [9.17, 15) is 4.39 Å². The summed E-state index contributed by atoms with van der Waals surface area (Å²) in [6.45, 7) is 4.39. The maximum atomic E-state index is 14.7. The fraction of sp³-hybridized carbons (Fsp3) is 0.538. The molecular formula is C13H17BrFN5. The zero-order valence-electron chi connectivity index (χ0n) is 11.3. The SMILES string of the molecule is Cc1nc2ncc(Br)cc2n1CC1(F)CN(CCN)C1. The van der Waals surface area contributed by atoms with Crippen molar-refractivity contribution >= 4 is 27.1 Å². The summed E-state index contributed by atoms with van der Waals surface area (Å²) in [4.78, 5) is 10.7. The van der Waals surface area contributed by atoms with E-state index >= 15 is 0 Å². The minimum absolute atomic E-state index is 0.314. The molecule has 0 radical (unpaired) electrons. The predicted molar refractivity (Wildman–Crippen MR) is 79.3 cm³/mol. The predicted octanol–water partition coefficient (Wildman–Crippen LogP) is 1.48. The van der Waals surface area contributed by atoms with Gasteiger partial charge in [0.15, 0.2) is 11.3 Å². The van der Waals surface area contributed by atoms with Gasteiger partial charge in [0.2, 0.25) is 0 Å². The van der Waals surface area contributed by atoms with E-state index in [2.05, 4.69) is 25.9 Å². The monoisotopic (exact) mass is 341 g/mol. The molecule has 1 aliphatic rings. The van der Waals surface area contributed by atoms with Crippen LogP contribution in [0.5, 0.6) is 0 Å². The number of fused-ring (bicyclic) bond motifs is 1. The van der Waals surface area contributed by atoms with Gasteiger partial charge in [0.25, 0.3) is 0 Å². The highest BCUT2D eigenvalue weighted by Gasteiger charge is 2.43. The lowest BCUT2D eigenvalue weighted by Gasteiger charge is -2.44. The second-order valence-electron chi connectivity index (χ2n) is 5.39. The first-order chi connectivity index (χ1) is 9.50. The first-order valence-corrected chi connectivity index (χ1v) is 7.40. The van der Waals surface area contributed by atoms with Crippen LogP contribution in [0.4, 0.5) is 4.39 Å². The molecule has 3 heterocycles. The second-order valence-corrected chi connectivity index (χ2v) is 6.31. The average molecular weight is 342 g/mol. The molecule has 2 N–H and O–H groups in total. The number of rotatable bonds is 4. The summed E-state index contributed by atoms with van der Waals surface area (Å²) in [6.07, 6.45) is 1.71. The van der Waals surface area contributed by atoms with Crippen molar-refractivity contribution in [3.63, 3.8) is 0 Å². The molecule has 0 bridgehead atoms. The van der Waals surface area contributed by atoms with Gasteiger partial charge in [-0.25, -0.2) is 14.4 Å². The van der Waals surface area contributed by atoms with Gasteiger partial charge in [-0.05, 0) is 28.9 Å². The van der Waals surface area contributed by atoms with Gasteiger partial charge in [0, 0.05) is 36.8 Å². The van der Waals surface area contributed by atoms with Crippen LogP contribution in [0.2, 0.25) is 0 Å². The molecule has 0 amide bonds. The number of hydrogen-bond donors (Lipinski definition) is 1. The molecule has 5 nitrogen and oxygen atoms in total. The Morgan fingerprint density at radius 2 is 2.25 bits per heavy atom. The van der Waals surface area contributed by atoms with Gasteiger partial charge in [-0.2, -0.15) is 0 Å². The van der Waals surface area contributed by atoms with Gasteiger partial charge < -0.3 is 10.3 Å². The highest BCUT2D eigenvalue weighted by molar-refractivity contribution is 9.10. The number of hydrogen-bond acceptors (Lipinski definition) is 4. The summed E-state index contributed by atoms with van der Waals surface area (Å²) >= 11 is 3.40. The van der Waals surface area contributed by atoms with Gasteiger partial charge >= 0.3 is 0 Å². The summed E-state index contributed by atoms with van der Waals surface area (Å²) in [5.74, 6) is 0.792. The Labute approximate surface area is 125 Å². The van der Waals surface area contributed by atoms with Crippen LogP contribution in [0, 0.1) is 6.92 Å². The summed E-state index contributed by atoms with van der Waals surface area (Å²) in [5.41, 5.74) is 5.81. The van der Waals surface area contributed by atoms with Crippen molar-refractivity contribution in [1.29, 1.82) is 0 Å². The molecular weight excluding hydrogens is 325 g/mol. The molecule has 0 atom stereocenters. The van der Waals surface area contributed by atoms with Crippen LogP contribution in [-0.4, -0.2) is 51.3 Å². The minimum Gasteiger partial charge on any atom is -0.329 e. The maximum Gasteiger partial charge on any atom is 0.177 e. The number of alkyl halides is 1. The Hall–Kier alpha value is -1.05. The summed E-state index contributed by atoms with van der Waals surface area (Å²) in [5, 5.41) is 0. The first kappa shape index (κ1) is 13.9. The van der Waals surface area contributed by atoms with E-state index in [0.29, 0.717) is 31.8 Å². The fourth-order valence-corrected chi connectivity index (χ4v) is 3.09. The zero-order chi connectivity index (χ0) is 14.3. The normalized spacial score (nSPS) is 18.4. The van der Waals surface area contributed by atoms with Gasteiger partial charge in [-0.1, -0.05) is 0 Å². The number of pyridine rings is 1. The molecule has 2 aromatic heterocycles. The lowest BCUT2D eigenvalue weighted by Crippen LogP contribution is -2.61. The largest absolute Gasteiger partial charge is 0.329 e. The summed E-state index contributed by atoms with van der Waals surface area (Å²) in [7, 11) is 0. The van der Waals surface area contributed by atoms with Crippen molar-refractivity contribution in [3.05, 3.63) is 22.6 Å². The molecule has 7 heteroatoms. The Kier molecular flexibility index (Phi) is 3.51. The Morgan fingerprint density at radius 1 is 1.50 bits per heavy atom. The number of aromatic nitrogens is 3. The van der Waals surface area contributed by atoms with E-state index in [1.165, 1.54) is 0 Å². The van der Waals surface area contributed by atoms with Gasteiger partial charge in [-0.15, -0.1) is 0 Å². The van der Waals surface area contributed by atoms with Crippen molar-refractivity contribution in [1.82, 2.24) is 19.4 Å². The number of nitrogens with two attached hydrogens (primary N) is 1. The molecule has 20 heavy (non-hydrogen) atoms. The summed E-state index contributed by atoms with van der Waals surface area (Å²) < 4.78 is 17.5. The highest BCUT2D eigenvalue weighted by atomic mass is 79.9. The number of likely N-dealkylation sites (tertiary alicyclic amines) is 1. The van der Waals surface area contributed by atoms with E-state index in [1.807, 2.05) is 22.5 Å². The van der Waals surface area contributed by atoms with Crippen molar-refractivity contribution in [2.75, 3.05) is 26.2 Å². The van der Waals surface area contributed by atoms with Crippen LogP contribution in [0.25, 0.3) is 11.2 Å². The molecule has 0 aliphatic carbocycles. The molecule has 2 aromatic rings. The van der Waals surface area contributed by atoms with Crippen molar-refractivity contribution in [2.24, 2.45) is 5.73 Å². The molecule has 0 saturated carbocycles. The van der Waals surface area contributed by atoms with Gasteiger partial charge in [0.05, 0.1) is 12.1 Å². The standard InChI is InChI=1S/C13H17BrFN5/c1-9-18-12-11(4-10(14)5-17-12)20(9)8-13(15)6-19(7-13)3-2-16/h4-5H,2-3,6-8,16H2,1H3. The van der Waals surface area contributed by atoms with Gasteiger partial charge in [0.1, 0.15) is 5.82 Å². The minimum atomic E-state index is -1.20. The Balaban J connectivity index is 1.84. The van der Waals surface area contributed by atoms with E-state index in [-0.39, 0.29) is 0 Å². The van der Waals surface area contributed by atoms with Crippen LogP contribution >= 0.6 is 15.9 Å². The molecule has 0 spiro atoms. The van der Waals surface area contributed by atoms with E-state index in [0.717, 1.165) is 22.4 Å². The van der Waals surface area contributed by atoms with Crippen molar-refractivity contribution in [3.8, 4) is 0 Å². The lowest BCUT2D eigenvalue weighted by molar-refractivity contribution is -0.0413. The highest BCUT2D eigenvalue weighted by Crippen LogP contribution is 2.29. The van der Waals surface area contributed by atoms with Crippen molar-refractivity contribution < 1.29 is 4.39 Å². The molecule has 0 aromatic carbocycles. The molecule has 3 rings (SSSR count). The molecule has 0 unspecified atom stereocenters. The molecule has 1 fully saturated rings. The van der Waals surface area contributed by atoms with Crippen molar-refractivity contribution in [2.45, 2.75) is 19.1 Å². The summed E-state index contributed by atoms with van der Waals surface area (Å²) in [6, 6.07) is 1.93. The van der Waals surface area contributed by atoms with E-state index in [4.69, 9.17) is 5.73 Å². The lowest BCUT2D eigenvalue weighted by atomic mass is 9.96. The van der Waals surface area contributed by atoms with E-state index < -0.39 is 5.67 Å². The molecule has 1 aliphatic heterocycles. The number of aryl methyl sites for hydroxylation is 1. The second kappa shape index (κ2) is 5.05. The zero-order valence-corrected chi connectivity index (χ0v) is 12.9. The third-order valence-electron chi connectivity index (χ3n) is 3.66. The number of halogens is 2. The van der Waals surface area contributed by atoms with Crippen LogP contribution < -0.4 is 5.73 Å².